The lowest BCUT2D eigenvalue weighted by molar-refractivity contribution is -0.384. The maximum atomic E-state index is 11.2. The molecule has 0 bridgehead atoms. The van der Waals surface area contributed by atoms with E-state index in [0.717, 1.165) is 0 Å². The first-order valence-corrected chi connectivity index (χ1v) is 5.72. The van der Waals surface area contributed by atoms with Gasteiger partial charge in [-0.2, -0.15) is 0 Å². The second-order valence-electron chi connectivity index (χ2n) is 2.98. The highest BCUT2D eigenvalue weighted by Crippen LogP contribution is 2.25. The number of benzene rings is 1. The van der Waals surface area contributed by atoms with E-state index in [4.69, 9.17) is 34.8 Å². The van der Waals surface area contributed by atoms with Crippen LogP contribution in [0.1, 0.15) is 0 Å². The number of nitrogens with zero attached hydrogens (tertiary/aromatic N) is 1. The zero-order valence-electron chi connectivity index (χ0n) is 8.64. The van der Waals surface area contributed by atoms with Crippen LogP contribution in [-0.4, -0.2) is 21.5 Å². The fourth-order valence-electron chi connectivity index (χ4n) is 0.902. The van der Waals surface area contributed by atoms with Gasteiger partial charge in [0.25, 0.3) is 10.2 Å². The maximum Gasteiger partial charge on any atom is 0.516 e. The number of nitro benzene ring substituents is 1. The molecule has 0 aliphatic heterocycles. The van der Waals surface area contributed by atoms with Crippen molar-refractivity contribution in [2.75, 3.05) is 5.88 Å². The Morgan fingerprint density at radius 2 is 1.89 bits per heavy atom. The van der Waals surface area contributed by atoms with Crippen molar-refractivity contribution in [1.29, 1.82) is 0 Å². The van der Waals surface area contributed by atoms with E-state index in [1.165, 1.54) is 24.3 Å². The zero-order valence-corrected chi connectivity index (χ0v) is 10.9. The molecule has 0 fully saturated rings. The monoisotopic (exact) mass is 313 g/mol. The highest BCUT2D eigenvalue weighted by molar-refractivity contribution is 6.50. The first-order valence-electron chi connectivity index (χ1n) is 4.43. The van der Waals surface area contributed by atoms with E-state index < -0.39 is 15.6 Å². The van der Waals surface area contributed by atoms with Gasteiger partial charge in [0.2, 0.25) is 0 Å². The number of ether oxygens (including phenoxy) is 2. The number of hydrogen-bond donors (Lipinski definition) is 0. The normalized spacial score (nSPS) is 10.8. The Balaban J connectivity index is 2.63. The van der Waals surface area contributed by atoms with E-state index >= 15 is 0 Å². The predicted molar refractivity (Wildman–Crippen MR) is 65.4 cm³/mol. The summed E-state index contributed by atoms with van der Waals surface area (Å²) in [4.78, 5) is 21.0. The molecule has 0 aliphatic rings. The number of carbonyl (C=O) groups excluding carboxylic acids is 1. The number of rotatable bonds is 4. The van der Waals surface area contributed by atoms with Crippen molar-refractivity contribution >= 4 is 46.6 Å². The molecule has 0 amide bonds. The van der Waals surface area contributed by atoms with Gasteiger partial charge in [0.1, 0.15) is 5.75 Å². The molecule has 0 atom stereocenters. The third-order valence-corrected chi connectivity index (χ3v) is 2.71. The molecule has 0 aliphatic carbocycles. The topological polar surface area (TPSA) is 78.7 Å². The molecule has 0 saturated carbocycles. The van der Waals surface area contributed by atoms with E-state index in [1.54, 1.807) is 0 Å². The summed E-state index contributed by atoms with van der Waals surface area (Å²) in [5.74, 6) is -0.296. The number of non-ortho nitro benzene ring substituents is 1. The van der Waals surface area contributed by atoms with Gasteiger partial charge in [0.05, 0.1) is 10.8 Å². The van der Waals surface area contributed by atoms with Crippen LogP contribution in [0, 0.1) is 10.1 Å². The number of nitro groups is 1. The summed E-state index contributed by atoms with van der Waals surface area (Å²) < 4.78 is 7.26. The van der Waals surface area contributed by atoms with Gasteiger partial charge in [-0.3, -0.25) is 10.1 Å². The fourth-order valence-corrected chi connectivity index (χ4v) is 1.08. The first kappa shape index (κ1) is 14.8. The molecule has 0 saturated heterocycles. The quantitative estimate of drug-likeness (QED) is 0.279. The zero-order chi connectivity index (χ0) is 13.8. The van der Waals surface area contributed by atoms with Crippen molar-refractivity contribution in [2.45, 2.75) is 4.52 Å². The lowest BCUT2D eigenvalue weighted by Crippen LogP contribution is -2.26. The molecule has 0 unspecified atom stereocenters. The molecule has 1 aromatic rings. The molecule has 0 heterocycles. The van der Waals surface area contributed by atoms with E-state index in [-0.39, 0.29) is 17.3 Å². The number of alkyl halides is 3. The van der Waals surface area contributed by atoms with Crippen LogP contribution in [-0.2, 0) is 4.74 Å². The average molecular weight is 315 g/mol. The van der Waals surface area contributed by atoms with Crippen LogP contribution in [0.15, 0.2) is 24.3 Å². The molecule has 1 rings (SSSR count). The Morgan fingerprint density at radius 3 is 2.33 bits per heavy atom. The lowest BCUT2D eigenvalue weighted by atomic mass is 10.3. The summed E-state index contributed by atoms with van der Waals surface area (Å²) in [6, 6.07) is 4.78. The van der Waals surface area contributed by atoms with Gasteiger partial charge < -0.3 is 9.47 Å². The highest BCUT2D eigenvalue weighted by Gasteiger charge is 2.29. The van der Waals surface area contributed by atoms with Crippen molar-refractivity contribution < 1.29 is 19.2 Å². The van der Waals surface area contributed by atoms with Crippen LogP contribution in [0.3, 0.4) is 0 Å². The second-order valence-corrected chi connectivity index (χ2v) is 4.66. The van der Waals surface area contributed by atoms with Crippen LogP contribution in [0.5, 0.6) is 5.75 Å². The van der Waals surface area contributed by atoms with Crippen molar-refractivity contribution in [2.24, 2.45) is 0 Å². The Kier molecular flexibility index (Phi) is 5.01. The van der Waals surface area contributed by atoms with E-state index in [1.807, 2.05) is 0 Å². The van der Waals surface area contributed by atoms with Crippen LogP contribution < -0.4 is 4.74 Å². The summed E-state index contributed by atoms with van der Waals surface area (Å²) in [5.41, 5.74) is -0.138. The minimum Gasteiger partial charge on any atom is -0.396 e. The number of hydrogen-bond acceptors (Lipinski definition) is 5. The largest absolute Gasteiger partial charge is 0.516 e. The van der Waals surface area contributed by atoms with E-state index in [0.29, 0.717) is 0 Å². The van der Waals surface area contributed by atoms with Crippen molar-refractivity contribution in [1.82, 2.24) is 0 Å². The van der Waals surface area contributed by atoms with Gasteiger partial charge in [0, 0.05) is 12.1 Å². The third-order valence-electron chi connectivity index (χ3n) is 1.64. The van der Waals surface area contributed by atoms with Crippen molar-refractivity contribution in [3.05, 3.63) is 34.4 Å². The van der Waals surface area contributed by atoms with Gasteiger partial charge in [-0.15, -0.1) is 11.6 Å². The van der Waals surface area contributed by atoms with Crippen molar-refractivity contribution in [3.8, 4) is 5.75 Å². The molecule has 0 N–H and O–H groups in total. The Bertz CT molecular complexity index is 448. The van der Waals surface area contributed by atoms with Crippen LogP contribution in [0.25, 0.3) is 0 Å². The second kappa shape index (κ2) is 6.08. The molecule has 0 radical (unpaired) electrons. The molecular weight excluding hydrogens is 308 g/mol. The Hall–Kier alpha value is -1.24. The van der Waals surface area contributed by atoms with Crippen LogP contribution in [0.2, 0.25) is 0 Å². The SMILES string of the molecule is O=C(Oc1ccc([N+](=O)[O-])cc1)OC(Cl)(Cl)CCl. The smallest absolute Gasteiger partial charge is 0.396 e. The summed E-state index contributed by atoms with van der Waals surface area (Å²) in [6.07, 6.45) is -1.17. The third kappa shape index (κ3) is 4.56. The highest BCUT2D eigenvalue weighted by atomic mass is 35.5. The van der Waals surface area contributed by atoms with Gasteiger partial charge in [-0.05, 0) is 12.1 Å². The molecule has 1 aromatic carbocycles. The predicted octanol–water partition coefficient (Wildman–Crippen LogP) is 3.48. The lowest BCUT2D eigenvalue weighted by Gasteiger charge is -2.15. The summed E-state index contributed by atoms with van der Waals surface area (Å²) in [7, 11) is 0. The Labute approximate surface area is 116 Å². The Morgan fingerprint density at radius 1 is 1.33 bits per heavy atom. The van der Waals surface area contributed by atoms with Crippen LogP contribution in [0.4, 0.5) is 10.5 Å². The number of carbonyl (C=O) groups is 1. The molecule has 18 heavy (non-hydrogen) atoms. The van der Waals surface area contributed by atoms with E-state index in [2.05, 4.69) is 9.47 Å². The molecule has 6 nitrogen and oxygen atoms in total. The van der Waals surface area contributed by atoms with Gasteiger partial charge in [-0.1, -0.05) is 23.2 Å². The molecule has 98 valence electrons. The standard InChI is InChI=1S/C9H6Cl3NO5/c10-5-9(11,12)18-8(14)17-7-3-1-6(2-4-7)13(15)16/h1-4H,5H2. The summed E-state index contributed by atoms with van der Waals surface area (Å²) in [5, 5.41) is 10.4. The average Bonchev–Trinajstić information content (AvgIpc) is 2.29. The van der Waals surface area contributed by atoms with Gasteiger partial charge >= 0.3 is 6.16 Å². The first-order chi connectivity index (χ1) is 8.34. The summed E-state index contributed by atoms with van der Waals surface area (Å²) in [6.45, 7) is 0. The van der Waals surface area contributed by atoms with Crippen molar-refractivity contribution in [3.63, 3.8) is 0 Å². The van der Waals surface area contributed by atoms with Crippen LogP contribution >= 0.6 is 34.8 Å². The minimum absolute atomic E-state index is 0.0457. The molecule has 0 spiro atoms. The summed E-state index contributed by atoms with van der Waals surface area (Å²) >= 11 is 16.3. The fraction of sp³-hybridized carbons (Fsp3) is 0.222. The minimum atomic E-state index is -1.89. The molecule has 0 aromatic heterocycles. The van der Waals surface area contributed by atoms with E-state index in [9.17, 15) is 14.9 Å². The molecule has 9 heteroatoms. The maximum absolute atomic E-state index is 11.2. The number of halogens is 3. The van der Waals surface area contributed by atoms with Gasteiger partial charge in [-0.25, -0.2) is 4.79 Å². The van der Waals surface area contributed by atoms with Gasteiger partial charge in [0.15, 0.2) is 0 Å². The molecular formula is C9H6Cl3NO5.